The van der Waals surface area contributed by atoms with Crippen molar-refractivity contribution in [2.45, 2.75) is 148 Å². The highest BCUT2D eigenvalue weighted by atomic mass is 31.2. The Morgan fingerprint density at radius 2 is 1.15 bits per heavy atom. The lowest BCUT2D eigenvalue weighted by Gasteiger charge is -2.28. The van der Waals surface area contributed by atoms with E-state index in [1.807, 2.05) is 39.4 Å². The van der Waals surface area contributed by atoms with E-state index >= 15 is 0 Å². The fourth-order valence-corrected chi connectivity index (χ4v) is 5.75. The summed E-state index contributed by atoms with van der Waals surface area (Å²) in [6.45, 7) is 3.97. The first-order chi connectivity index (χ1) is 26.0. The van der Waals surface area contributed by atoms with E-state index in [9.17, 15) is 19.0 Å². The van der Waals surface area contributed by atoms with Gasteiger partial charge in [-0.2, -0.15) is 0 Å². The fourth-order valence-electron chi connectivity index (χ4n) is 5.02. The molecule has 0 fully saturated rings. The Hall–Kier alpha value is -2.55. The van der Waals surface area contributed by atoms with Crippen molar-refractivity contribution in [3.63, 3.8) is 0 Å². The fraction of sp³-hybridized carbons (Fsp3) is 0.682. The predicted molar refractivity (Wildman–Crippen MR) is 222 cm³/mol. The number of esters is 2. The molecule has 0 heterocycles. The molecule has 0 spiro atoms. The normalized spacial score (nSPS) is 14.4. The van der Waals surface area contributed by atoms with Crippen LogP contribution in [0.25, 0.3) is 0 Å². The second kappa shape index (κ2) is 36.1. The number of phosphoric ester groups is 1. The van der Waals surface area contributed by atoms with Crippen LogP contribution < -0.4 is 4.89 Å². The van der Waals surface area contributed by atoms with Crippen molar-refractivity contribution in [1.29, 1.82) is 0 Å². The van der Waals surface area contributed by atoms with Gasteiger partial charge in [0, 0.05) is 12.8 Å². The molecule has 0 radical (unpaired) electrons. The van der Waals surface area contributed by atoms with Crippen LogP contribution in [-0.4, -0.2) is 70.0 Å². The number of hydrogen-bond acceptors (Lipinski definition) is 8. The largest absolute Gasteiger partial charge is 0.756 e. The molecule has 2 unspecified atom stereocenters. The van der Waals surface area contributed by atoms with Crippen LogP contribution in [0.15, 0.2) is 72.9 Å². The molecule has 0 bridgehead atoms. The molecule has 10 heteroatoms. The zero-order chi connectivity index (χ0) is 40.0. The number of likely N-dealkylation sites (N-methyl/N-ethyl adjacent to an activating group) is 1. The number of nitrogens with zero attached hydrogens (tertiary/aromatic N) is 1. The van der Waals surface area contributed by atoms with Crippen molar-refractivity contribution in [1.82, 2.24) is 0 Å². The minimum Gasteiger partial charge on any atom is -0.756 e. The molecule has 310 valence electrons. The van der Waals surface area contributed by atoms with Gasteiger partial charge in [0.15, 0.2) is 6.10 Å². The summed E-state index contributed by atoms with van der Waals surface area (Å²) in [7, 11) is 1.11. The molecule has 0 aromatic rings. The maximum atomic E-state index is 12.6. The summed E-state index contributed by atoms with van der Waals surface area (Å²) < 4.78 is 33.7. The first-order valence-corrected chi connectivity index (χ1v) is 22.1. The Morgan fingerprint density at radius 3 is 1.78 bits per heavy atom. The van der Waals surface area contributed by atoms with E-state index < -0.39 is 32.5 Å². The van der Waals surface area contributed by atoms with Crippen molar-refractivity contribution < 1.29 is 42.1 Å². The lowest BCUT2D eigenvalue weighted by atomic mass is 10.1. The van der Waals surface area contributed by atoms with Crippen LogP contribution in [0.5, 0.6) is 0 Å². The zero-order valence-corrected chi connectivity index (χ0v) is 35.5. The molecule has 0 N–H and O–H groups in total. The van der Waals surface area contributed by atoms with Gasteiger partial charge in [-0.3, -0.25) is 14.2 Å². The maximum absolute atomic E-state index is 12.6. The highest BCUT2D eigenvalue weighted by Gasteiger charge is 2.21. The van der Waals surface area contributed by atoms with Crippen molar-refractivity contribution >= 4 is 19.8 Å². The molecular weight excluding hydrogens is 701 g/mol. The molecule has 0 saturated carbocycles. The van der Waals surface area contributed by atoms with E-state index in [1.165, 1.54) is 38.5 Å². The van der Waals surface area contributed by atoms with Gasteiger partial charge in [0.05, 0.1) is 27.7 Å². The van der Waals surface area contributed by atoms with Crippen LogP contribution in [0, 0.1) is 0 Å². The molecule has 0 aromatic heterocycles. The minimum absolute atomic E-state index is 0.0465. The standard InChI is InChI=1S/C44H76NO8P/c1-6-8-10-12-14-16-18-20-21-22-23-25-26-28-30-32-34-36-43(46)50-40-42(41-52-54(48,49)51-39-38-45(3,4)5)53-44(47)37-35-33-31-29-27-24-19-17-15-13-11-9-7-2/h9,11,13,15,17,19-21,23,25,28,30,42H,6-8,10,12,14,16,18,22,24,26-27,29,31-41H2,1-5H3/b11-9+,15-13+,19-17+,21-20+,25-23+,30-28+. The van der Waals surface area contributed by atoms with Crippen LogP contribution >= 0.6 is 7.82 Å². The first-order valence-electron chi connectivity index (χ1n) is 20.7. The summed E-state index contributed by atoms with van der Waals surface area (Å²) in [5.41, 5.74) is 0. The van der Waals surface area contributed by atoms with Crippen molar-refractivity contribution in [2.75, 3.05) is 47.5 Å². The molecular formula is C44H76NO8P. The third-order valence-electron chi connectivity index (χ3n) is 8.27. The molecule has 0 aliphatic carbocycles. The van der Waals surface area contributed by atoms with Gasteiger partial charge in [0.25, 0.3) is 7.82 Å². The van der Waals surface area contributed by atoms with Gasteiger partial charge < -0.3 is 27.9 Å². The van der Waals surface area contributed by atoms with Crippen molar-refractivity contribution in [3.05, 3.63) is 72.9 Å². The predicted octanol–water partition coefficient (Wildman–Crippen LogP) is 10.8. The van der Waals surface area contributed by atoms with Gasteiger partial charge >= 0.3 is 11.9 Å². The van der Waals surface area contributed by atoms with E-state index in [0.717, 1.165) is 64.2 Å². The highest BCUT2D eigenvalue weighted by molar-refractivity contribution is 7.45. The average Bonchev–Trinajstić information content (AvgIpc) is 3.12. The monoisotopic (exact) mass is 778 g/mol. The molecule has 0 aromatic carbocycles. The van der Waals surface area contributed by atoms with Crippen LogP contribution in [0.3, 0.4) is 0 Å². The zero-order valence-electron chi connectivity index (χ0n) is 34.6. The molecule has 0 aliphatic heterocycles. The number of ether oxygens (including phenoxy) is 2. The third kappa shape index (κ3) is 39.2. The SMILES string of the molecule is CC/C=C/C=C/C=C/CCCCCCCC(=O)OC(COC(=O)CCC/C=C/C/C=C/C/C=C/CCCCCCCC)COP(=O)([O-])OCC[N+](C)(C)C. The molecule has 0 amide bonds. The second-order valence-corrected chi connectivity index (χ2v) is 16.1. The minimum atomic E-state index is -4.64. The molecule has 2 atom stereocenters. The number of allylic oxidation sites excluding steroid dienone is 12. The number of carbonyl (C=O) groups is 2. The van der Waals surface area contributed by atoms with E-state index in [0.29, 0.717) is 23.9 Å². The molecule has 0 rings (SSSR count). The Bertz CT molecular complexity index is 1150. The number of unbranched alkanes of at least 4 members (excludes halogenated alkanes) is 12. The Labute approximate surface area is 329 Å². The van der Waals surface area contributed by atoms with Gasteiger partial charge in [0.1, 0.15) is 19.8 Å². The van der Waals surface area contributed by atoms with E-state index in [1.54, 1.807) is 0 Å². The Kier molecular flexibility index (Phi) is 34.4. The summed E-state index contributed by atoms with van der Waals surface area (Å²) in [6.07, 6.45) is 43.7. The van der Waals surface area contributed by atoms with Crippen LogP contribution in [0.1, 0.15) is 142 Å². The van der Waals surface area contributed by atoms with Crippen LogP contribution in [0.4, 0.5) is 0 Å². The van der Waals surface area contributed by atoms with Gasteiger partial charge in [-0.05, 0) is 64.2 Å². The summed E-state index contributed by atoms with van der Waals surface area (Å²) in [5.74, 6) is -0.928. The smallest absolute Gasteiger partial charge is 0.306 e. The highest BCUT2D eigenvalue weighted by Crippen LogP contribution is 2.38. The van der Waals surface area contributed by atoms with E-state index in [-0.39, 0.29) is 26.1 Å². The summed E-state index contributed by atoms with van der Waals surface area (Å²) in [4.78, 5) is 37.4. The summed E-state index contributed by atoms with van der Waals surface area (Å²) in [5, 5.41) is 0. The van der Waals surface area contributed by atoms with Gasteiger partial charge in [-0.15, -0.1) is 0 Å². The second-order valence-electron chi connectivity index (χ2n) is 14.7. The van der Waals surface area contributed by atoms with Crippen molar-refractivity contribution in [3.8, 4) is 0 Å². The maximum Gasteiger partial charge on any atom is 0.306 e. The number of phosphoric acid groups is 1. The molecule has 54 heavy (non-hydrogen) atoms. The Balaban J connectivity index is 4.52. The number of rotatable bonds is 36. The van der Waals surface area contributed by atoms with Crippen LogP contribution in [-0.2, 0) is 32.7 Å². The van der Waals surface area contributed by atoms with Gasteiger partial charge in [-0.1, -0.05) is 138 Å². The topological polar surface area (TPSA) is 111 Å². The number of quaternary nitrogens is 1. The average molecular weight is 778 g/mol. The molecule has 9 nitrogen and oxygen atoms in total. The summed E-state index contributed by atoms with van der Waals surface area (Å²) in [6, 6.07) is 0. The number of hydrogen-bond donors (Lipinski definition) is 0. The number of carbonyl (C=O) groups excluding carboxylic acids is 2. The third-order valence-corrected chi connectivity index (χ3v) is 9.24. The Morgan fingerprint density at radius 1 is 0.611 bits per heavy atom. The van der Waals surface area contributed by atoms with Crippen LogP contribution in [0.2, 0.25) is 0 Å². The lowest BCUT2D eigenvalue weighted by molar-refractivity contribution is -0.870. The van der Waals surface area contributed by atoms with Crippen molar-refractivity contribution in [2.24, 2.45) is 0 Å². The van der Waals surface area contributed by atoms with Gasteiger partial charge in [0.2, 0.25) is 0 Å². The quantitative estimate of drug-likeness (QED) is 0.0154. The molecule has 0 aliphatic rings. The van der Waals surface area contributed by atoms with Gasteiger partial charge in [-0.25, -0.2) is 0 Å². The summed E-state index contributed by atoms with van der Waals surface area (Å²) >= 11 is 0. The first kappa shape index (κ1) is 51.5. The molecule has 0 saturated heterocycles. The lowest BCUT2D eigenvalue weighted by Crippen LogP contribution is -2.37. The van der Waals surface area contributed by atoms with E-state index in [4.69, 9.17) is 18.5 Å². The van der Waals surface area contributed by atoms with E-state index in [2.05, 4.69) is 68.5 Å².